The molecule has 0 radical (unpaired) electrons. The second-order valence-corrected chi connectivity index (χ2v) is 5.56. The second-order valence-electron chi connectivity index (χ2n) is 5.56. The molecule has 0 aliphatic rings. The standard InChI is InChI=1S/C16H33N3O2/c1-4-11-18-15(20)13-19(12-5-2)16(21)8-7-14(6-3)9-10-17/h14H,4-13,17H2,1-3H3,(H,18,20). The molecular formula is C16H33N3O2. The Morgan fingerprint density at radius 3 is 2.38 bits per heavy atom. The second kappa shape index (κ2) is 12.6. The highest BCUT2D eigenvalue weighted by molar-refractivity contribution is 5.84. The summed E-state index contributed by atoms with van der Waals surface area (Å²) in [6.45, 7) is 8.33. The van der Waals surface area contributed by atoms with Gasteiger partial charge < -0.3 is 16.0 Å². The lowest BCUT2D eigenvalue weighted by molar-refractivity contribution is -0.136. The third kappa shape index (κ3) is 9.45. The van der Waals surface area contributed by atoms with Crippen molar-refractivity contribution in [1.29, 1.82) is 0 Å². The van der Waals surface area contributed by atoms with Crippen LogP contribution in [0.4, 0.5) is 0 Å². The van der Waals surface area contributed by atoms with Crippen LogP contribution in [0.25, 0.3) is 0 Å². The Hall–Kier alpha value is -1.10. The minimum absolute atomic E-state index is 0.0624. The van der Waals surface area contributed by atoms with Crippen LogP contribution in [0.1, 0.15) is 59.3 Å². The predicted molar refractivity (Wildman–Crippen MR) is 86.9 cm³/mol. The van der Waals surface area contributed by atoms with Gasteiger partial charge in [0.25, 0.3) is 0 Å². The Morgan fingerprint density at radius 1 is 1.14 bits per heavy atom. The molecule has 3 N–H and O–H groups in total. The molecule has 0 aliphatic heterocycles. The summed E-state index contributed by atoms with van der Waals surface area (Å²) in [5.74, 6) is 0.531. The summed E-state index contributed by atoms with van der Waals surface area (Å²) in [5, 5.41) is 2.82. The molecule has 0 aromatic rings. The SMILES string of the molecule is CCCNC(=O)CN(CCC)C(=O)CCC(CC)CCN. The summed E-state index contributed by atoms with van der Waals surface area (Å²) in [4.78, 5) is 25.7. The summed E-state index contributed by atoms with van der Waals surface area (Å²) in [6, 6.07) is 0. The largest absolute Gasteiger partial charge is 0.355 e. The molecule has 0 aromatic heterocycles. The van der Waals surface area contributed by atoms with Crippen LogP contribution in [0.5, 0.6) is 0 Å². The van der Waals surface area contributed by atoms with Crippen molar-refractivity contribution in [1.82, 2.24) is 10.2 Å². The van der Waals surface area contributed by atoms with E-state index in [4.69, 9.17) is 5.73 Å². The van der Waals surface area contributed by atoms with Crippen LogP contribution in [0.15, 0.2) is 0 Å². The monoisotopic (exact) mass is 299 g/mol. The topological polar surface area (TPSA) is 75.4 Å². The number of nitrogens with zero attached hydrogens (tertiary/aromatic N) is 1. The summed E-state index contributed by atoms with van der Waals surface area (Å²) < 4.78 is 0. The van der Waals surface area contributed by atoms with Crippen molar-refractivity contribution in [2.45, 2.75) is 59.3 Å². The van der Waals surface area contributed by atoms with E-state index in [0.29, 0.717) is 32.0 Å². The summed E-state index contributed by atoms with van der Waals surface area (Å²) >= 11 is 0. The highest BCUT2D eigenvalue weighted by Gasteiger charge is 2.17. The van der Waals surface area contributed by atoms with Crippen LogP contribution < -0.4 is 11.1 Å². The Kier molecular flexibility index (Phi) is 12.0. The van der Waals surface area contributed by atoms with E-state index in [2.05, 4.69) is 12.2 Å². The Balaban J connectivity index is 4.30. The first-order valence-electron chi connectivity index (χ1n) is 8.33. The summed E-state index contributed by atoms with van der Waals surface area (Å²) in [6.07, 6.45) is 5.17. The van der Waals surface area contributed by atoms with Gasteiger partial charge in [0.2, 0.25) is 11.8 Å². The molecule has 0 saturated heterocycles. The molecule has 124 valence electrons. The molecule has 0 saturated carbocycles. The fourth-order valence-corrected chi connectivity index (χ4v) is 2.33. The molecule has 5 nitrogen and oxygen atoms in total. The maximum atomic E-state index is 12.3. The molecule has 0 fully saturated rings. The van der Waals surface area contributed by atoms with Crippen LogP contribution in [0.3, 0.4) is 0 Å². The van der Waals surface area contributed by atoms with Crippen LogP contribution >= 0.6 is 0 Å². The number of nitrogens with two attached hydrogens (primary N) is 1. The zero-order valence-electron chi connectivity index (χ0n) is 14.0. The van der Waals surface area contributed by atoms with Gasteiger partial charge in [0.05, 0.1) is 6.54 Å². The molecule has 1 unspecified atom stereocenters. The third-order valence-electron chi connectivity index (χ3n) is 3.67. The molecule has 1 atom stereocenters. The van der Waals surface area contributed by atoms with E-state index in [-0.39, 0.29) is 18.4 Å². The fourth-order valence-electron chi connectivity index (χ4n) is 2.33. The summed E-state index contributed by atoms with van der Waals surface area (Å²) in [5.41, 5.74) is 5.58. The average molecular weight is 299 g/mol. The van der Waals surface area contributed by atoms with Crippen molar-refractivity contribution >= 4 is 11.8 Å². The van der Waals surface area contributed by atoms with Gasteiger partial charge in [-0.15, -0.1) is 0 Å². The van der Waals surface area contributed by atoms with Gasteiger partial charge in [0.15, 0.2) is 0 Å². The van der Waals surface area contributed by atoms with Crippen molar-refractivity contribution in [3.63, 3.8) is 0 Å². The van der Waals surface area contributed by atoms with Gasteiger partial charge in [-0.3, -0.25) is 9.59 Å². The number of amides is 2. The van der Waals surface area contributed by atoms with Crippen LogP contribution in [0.2, 0.25) is 0 Å². The van der Waals surface area contributed by atoms with Gasteiger partial charge in [-0.25, -0.2) is 0 Å². The van der Waals surface area contributed by atoms with E-state index in [9.17, 15) is 9.59 Å². The number of carbonyl (C=O) groups is 2. The highest BCUT2D eigenvalue weighted by Crippen LogP contribution is 2.15. The van der Waals surface area contributed by atoms with Gasteiger partial charge in [0, 0.05) is 19.5 Å². The highest BCUT2D eigenvalue weighted by atomic mass is 16.2. The molecule has 0 heterocycles. The third-order valence-corrected chi connectivity index (χ3v) is 3.67. The first kappa shape index (κ1) is 19.9. The van der Waals surface area contributed by atoms with Crippen molar-refractivity contribution in [3.8, 4) is 0 Å². The molecule has 0 rings (SSSR count). The predicted octanol–water partition coefficient (Wildman–Crippen LogP) is 1.91. The normalized spacial score (nSPS) is 12.0. The number of carbonyl (C=O) groups excluding carboxylic acids is 2. The molecule has 0 bridgehead atoms. The molecule has 0 spiro atoms. The molecule has 0 aliphatic carbocycles. The minimum Gasteiger partial charge on any atom is -0.355 e. The maximum Gasteiger partial charge on any atom is 0.239 e. The Morgan fingerprint density at radius 2 is 1.86 bits per heavy atom. The number of rotatable bonds is 12. The number of hydrogen-bond donors (Lipinski definition) is 2. The van der Waals surface area contributed by atoms with Crippen molar-refractivity contribution in [2.75, 3.05) is 26.2 Å². The Labute approximate surface area is 129 Å². The average Bonchev–Trinajstić information content (AvgIpc) is 2.48. The molecular weight excluding hydrogens is 266 g/mol. The van der Waals surface area contributed by atoms with E-state index < -0.39 is 0 Å². The van der Waals surface area contributed by atoms with Gasteiger partial charge in [-0.1, -0.05) is 27.2 Å². The van der Waals surface area contributed by atoms with Crippen LogP contribution in [-0.2, 0) is 9.59 Å². The lowest BCUT2D eigenvalue weighted by Crippen LogP contribution is -2.41. The zero-order valence-corrected chi connectivity index (χ0v) is 14.0. The summed E-state index contributed by atoms with van der Waals surface area (Å²) in [7, 11) is 0. The van der Waals surface area contributed by atoms with Gasteiger partial charge >= 0.3 is 0 Å². The van der Waals surface area contributed by atoms with Gasteiger partial charge in [-0.05, 0) is 38.1 Å². The van der Waals surface area contributed by atoms with Crippen LogP contribution in [-0.4, -0.2) is 42.9 Å². The van der Waals surface area contributed by atoms with E-state index in [1.54, 1.807) is 4.90 Å². The van der Waals surface area contributed by atoms with Gasteiger partial charge in [0.1, 0.15) is 0 Å². The van der Waals surface area contributed by atoms with Crippen molar-refractivity contribution in [3.05, 3.63) is 0 Å². The lowest BCUT2D eigenvalue weighted by atomic mass is 9.96. The first-order valence-corrected chi connectivity index (χ1v) is 8.33. The molecule has 2 amide bonds. The van der Waals surface area contributed by atoms with E-state index in [1.807, 2.05) is 13.8 Å². The van der Waals surface area contributed by atoms with E-state index >= 15 is 0 Å². The van der Waals surface area contributed by atoms with E-state index in [1.165, 1.54) is 0 Å². The molecule has 21 heavy (non-hydrogen) atoms. The molecule has 5 heteroatoms. The Bertz CT molecular complexity index is 295. The lowest BCUT2D eigenvalue weighted by Gasteiger charge is -2.23. The zero-order chi connectivity index (χ0) is 16.1. The van der Waals surface area contributed by atoms with Gasteiger partial charge in [-0.2, -0.15) is 0 Å². The molecule has 0 aromatic carbocycles. The maximum absolute atomic E-state index is 12.3. The van der Waals surface area contributed by atoms with Crippen molar-refractivity contribution < 1.29 is 9.59 Å². The fraction of sp³-hybridized carbons (Fsp3) is 0.875. The van der Waals surface area contributed by atoms with Crippen LogP contribution in [0, 0.1) is 5.92 Å². The quantitative estimate of drug-likeness (QED) is 0.578. The van der Waals surface area contributed by atoms with Crippen molar-refractivity contribution in [2.24, 2.45) is 11.7 Å². The van der Waals surface area contributed by atoms with E-state index in [0.717, 1.165) is 32.1 Å². The minimum atomic E-state index is -0.0624. The first-order chi connectivity index (χ1) is 10.1. The number of nitrogens with one attached hydrogen (secondary N) is 1. The number of hydrogen-bond acceptors (Lipinski definition) is 3. The smallest absolute Gasteiger partial charge is 0.239 e.